The summed E-state index contributed by atoms with van der Waals surface area (Å²) in [6.45, 7) is 1.83. The summed E-state index contributed by atoms with van der Waals surface area (Å²) in [5.41, 5.74) is 1.14. The van der Waals surface area contributed by atoms with E-state index in [2.05, 4.69) is 10.6 Å². The summed E-state index contributed by atoms with van der Waals surface area (Å²) >= 11 is 0. The van der Waals surface area contributed by atoms with Crippen molar-refractivity contribution in [1.82, 2.24) is 10.6 Å². The molecule has 1 aliphatic carbocycles. The predicted molar refractivity (Wildman–Crippen MR) is 79.9 cm³/mol. The largest absolute Gasteiger partial charge is 0.486 e. The van der Waals surface area contributed by atoms with E-state index in [0.717, 1.165) is 36.3 Å². The quantitative estimate of drug-likeness (QED) is 0.894. The Morgan fingerprint density at radius 3 is 2.71 bits per heavy atom. The van der Waals surface area contributed by atoms with Crippen molar-refractivity contribution in [2.24, 2.45) is 0 Å². The van der Waals surface area contributed by atoms with Crippen LogP contribution >= 0.6 is 0 Å². The first-order valence-electron chi connectivity index (χ1n) is 7.74. The van der Waals surface area contributed by atoms with Gasteiger partial charge in [-0.25, -0.2) is 4.79 Å². The van der Waals surface area contributed by atoms with E-state index in [1.807, 2.05) is 18.2 Å². The molecule has 0 bridgehead atoms. The van der Waals surface area contributed by atoms with Crippen molar-refractivity contribution in [1.29, 1.82) is 0 Å². The van der Waals surface area contributed by atoms with Crippen LogP contribution in [0.3, 0.4) is 0 Å². The van der Waals surface area contributed by atoms with Crippen LogP contribution in [0.5, 0.6) is 11.5 Å². The molecule has 1 aromatic rings. The monoisotopic (exact) mass is 290 g/mol. The third-order valence-electron chi connectivity index (χ3n) is 4.00. The summed E-state index contributed by atoms with van der Waals surface area (Å²) in [6, 6.07) is 6.25. The molecule has 1 aromatic carbocycles. The summed E-state index contributed by atoms with van der Waals surface area (Å²) in [7, 11) is 0. The van der Waals surface area contributed by atoms with E-state index < -0.39 is 0 Å². The molecule has 0 atom stereocenters. The van der Waals surface area contributed by atoms with Gasteiger partial charge in [0.25, 0.3) is 0 Å². The molecular formula is C16H22N2O3. The maximum Gasteiger partial charge on any atom is 0.315 e. The average Bonchev–Trinajstić information content (AvgIpc) is 3.00. The van der Waals surface area contributed by atoms with Gasteiger partial charge < -0.3 is 20.1 Å². The van der Waals surface area contributed by atoms with E-state index in [4.69, 9.17) is 9.47 Å². The Morgan fingerprint density at radius 2 is 1.90 bits per heavy atom. The Morgan fingerprint density at radius 1 is 1.14 bits per heavy atom. The molecule has 0 saturated heterocycles. The summed E-state index contributed by atoms with van der Waals surface area (Å²) in [5.74, 6) is 1.60. The van der Waals surface area contributed by atoms with Crippen LogP contribution in [0.25, 0.3) is 0 Å². The van der Waals surface area contributed by atoms with E-state index in [1.54, 1.807) is 0 Å². The molecule has 1 aliphatic heterocycles. The van der Waals surface area contributed by atoms with Gasteiger partial charge in [0.1, 0.15) is 13.2 Å². The van der Waals surface area contributed by atoms with Gasteiger partial charge in [0.15, 0.2) is 11.5 Å². The number of hydrogen-bond acceptors (Lipinski definition) is 3. The lowest BCUT2D eigenvalue weighted by Gasteiger charge is -2.19. The van der Waals surface area contributed by atoms with Crippen molar-refractivity contribution < 1.29 is 14.3 Å². The normalized spacial score (nSPS) is 17.5. The molecule has 2 aliphatic rings. The van der Waals surface area contributed by atoms with Gasteiger partial charge in [-0.3, -0.25) is 0 Å². The zero-order valence-electron chi connectivity index (χ0n) is 12.2. The van der Waals surface area contributed by atoms with Gasteiger partial charge in [0.05, 0.1) is 0 Å². The van der Waals surface area contributed by atoms with Crippen LogP contribution in [-0.4, -0.2) is 31.8 Å². The van der Waals surface area contributed by atoms with Crippen molar-refractivity contribution in [3.8, 4) is 11.5 Å². The van der Waals surface area contributed by atoms with Gasteiger partial charge in [-0.05, 0) is 37.0 Å². The Hall–Kier alpha value is -1.91. The summed E-state index contributed by atoms with van der Waals surface area (Å²) in [6.07, 6.45) is 5.45. The second kappa shape index (κ2) is 6.70. The number of fused-ring (bicyclic) bond motifs is 1. The molecule has 1 saturated carbocycles. The Balaban J connectivity index is 1.43. The number of benzene rings is 1. The van der Waals surface area contributed by atoms with Crippen LogP contribution in [0, 0.1) is 0 Å². The first kappa shape index (κ1) is 14.0. The van der Waals surface area contributed by atoms with Gasteiger partial charge in [-0.2, -0.15) is 0 Å². The van der Waals surface area contributed by atoms with Crippen molar-refractivity contribution in [2.45, 2.75) is 38.1 Å². The standard InChI is InChI=1S/C16H22N2O3/c19-16(18-13-3-1-2-4-13)17-8-7-12-5-6-14-15(11-12)21-10-9-20-14/h5-6,11,13H,1-4,7-10H2,(H2,17,18,19). The van der Waals surface area contributed by atoms with Gasteiger partial charge >= 0.3 is 6.03 Å². The first-order valence-corrected chi connectivity index (χ1v) is 7.74. The SMILES string of the molecule is O=C(NCCc1ccc2c(c1)OCCO2)NC1CCCC1. The van der Waals surface area contributed by atoms with E-state index >= 15 is 0 Å². The lowest BCUT2D eigenvalue weighted by Crippen LogP contribution is -2.41. The van der Waals surface area contributed by atoms with Crippen molar-refractivity contribution in [3.05, 3.63) is 23.8 Å². The van der Waals surface area contributed by atoms with Crippen molar-refractivity contribution >= 4 is 6.03 Å². The first-order chi connectivity index (χ1) is 10.3. The van der Waals surface area contributed by atoms with Crippen molar-refractivity contribution in [3.63, 3.8) is 0 Å². The Kier molecular flexibility index (Phi) is 4.48. The highest BCUT2D eigenvalue weighted by Gasteiger charge is 2.16. The third kappa shape index (κ3) is 3.80. The minimum atomic E-state index is -0.0561. The minimum Gasteiger partial charge on any atom is -0.486 e. The van der Waals surface area contributed by atoms with E-state index in [9.17, 15) is 4.79 Å². The van der Waals surface area contributed by atoms with E-state index in [-0.39, 0.29) is 6.03 Å². The average molecular weight is 290 g/mol. The van der Waals surface area contributed by atoms with Crippen LogP contribution < -0.4 is 20.1 Å². The number of hydrogen-bond donors (Lipinski definition) is 2. The molecule has 0 spiro atoms. The number of rotatable bonds is 4. The summed E-state index contributed by atoms with van der Waals surface area (Å²) in [5, 5.41) is 5.94. The molecule has 0 radical (unpaired) electrons. The zero-order valence-corrected chi connectivity index (χ0v) is 12.2. The molecule has 1 fully saturated rings. The van der Waals surface area contributed by atoms with Crippen LogP contribution in [0.4, 0.5) is 4.79 Å². The molecular weight excluding hydrogens is 268 g/mol. The third-order valence-corrected chi connectivity index (χ3v) is 4.00. The second-order valence-corrected chi connectivity index (χ2v) is 5.61. The number of carbonyl (C=O) groups is 1. The maximum atomic E-state index is 11.8. The maximum absolute atomic E-state index is 11.8. The molecule has 0 aromatic heterocycles. The molecule has 0 unspecified atom stereocenters. The number of nitrogens with one attached hydrogen (secondary N) is 2. The fraction of sp³-hybridized carbons (Fsp3) is 0.562. The molecule has 114 valence electrons. The summed E-state index contributed by atoms with van der Waals surface area (Å²) in [4.78, 5) is 11.8. The highest BCUT2D eigenvalue weighted by Crippen LogP contribution is 2.30. The Bertz CT molecular complexity index is 498. The van der Waals surface area contributed by atoms with Gasteiger partial charge in [0, 0.05) is 12.6 Å². The number of ether oxygens (including phenoxy) is 2. The van der Waals surface area contributed by atoms with Crippen LogP contribution in [0.1, 0.15) is 31.2 Å². The molecule has 2 amide bonds. The lowest BCUT2D eigenvalue weighted by atomic mass is 10.1. The number of urea groups is 1. The fourth-order valence-electron chi connectivity index (χ4n) is 2.87. The topological polar surface area (TPSA) is 59.6 Å². The van der Waals surface area contributed by atoms with E-state index in [0.29, 0.717) is 25.8 Å². The van der Waals surface area contributed by atoms with Crippen LogP contribution in [0.2, 0.25) is 0 Å². The van der Waals surface area contributed by atoms with Gasteiger partial charge in [-0.1, -0.05) is 18.9 Å². The van der Waals surface area contributed by atoms with E-state index in [1.165, 1.54) is 12.8 Å². The molecule has 2 N–H and O–H groups in total. The number of amides is 2. The Labute approximate surface area is 125 Å². The molecule has 3 rings (SSSR count). The van der Waals surface area contributed by atoms with Crippen LogP contribution in [-0.2, 0) is 6.42 Å². The fourth-order valence-corrected chi connectivity index (χ4v) is 2.87. The van der Waals surface area contributed by atoms with Crippen LogP contribution in [0.15, 0.2) is 18.2 Å². The highest BCUT2D eigenvalue weighted by molar-refractivity contribution is 5.74. The van der Waals surface area contributed by atoms with Crippen molar-refractivity contribution in [2.75, 3.05) is 19.8 Å². The highest BCUT2D eigenvalue weighted by atomic mass is 16.6. The molecule has 5 nitrogen and oxygen atoms in total. The smallest absolute Gasteiger partial charge is 0.315 e. The minimum absolute atomic E-state index is 0.0561. The number of carbonyl (C=O) groups excluding carboxylic acids is 1. The molecule has 5 heteroatoms. The second-order valence-electron chi connectivity index (χ2n) is 5.61. The van der Waals surface area contributed by atoms with Gasteiger partial charge in [-0.15, -0.1) is 0 Å². The van der Waals surface area contributed by atoms with Gasteiger partial charge in [0.2, 0.25) is 0 Å². The lowest BCUT2D eigenvalue weighted by molar-refractivity contribution is 0.171. The molecule has 21 heavy (non-hydrogen) atoms. The summed E-state index contributed by atoms with van der Waals surface area (Å²) < 4.78 is 11.0. The molecule has 1 heterocycles. The zero-order chi connectivity index (χ0) is 14.5. The predicted octanol–water partition coefficient (Wildman–Crippen LogP) is 2.24.